The highest BCUT2D eigenvalue weighted by atomic mass is 15.1. The van der Waals surface area contributed by atoms with E-state index >= 15 is 0 Å². The zero-order valence-electron chi connectivity index (χ0n) is 22.8. The first-order valence-electron chi connectivity index (χ1n) is 14.2. The van der Waals surface area contributed by atoms with Crippen LogP contribution in [-0.4, -0.2) is 34.9 Å². The Morgan fingerprint density at radius 1 is 0.917 bits per heavy atom. The molecule has 2 aromatic carbocycles. The van der Waals surface area contributed by atoms with Gasteiger partial charge in [0, 0.05) is 30.4 Å². The van der Waals surface area contributed by atoms with Gasteiger partial charge in [0.2, 0.25) is 0 Å². The van der Waals surface area contributed by atoms with Crippen LogP contribution in [-0.2, 0) is 32.4 Å². The van der Waals surface area contributed by atoms with Gasteiger partial charge >= 0.3 is 0 Å². The fourth-order valence-electron chi connectivity index (χ4n) is 6.55. The van der Waals surface area contributed by atoms with Gasteiger partial charge in [-0.05, 0) is 111 Å². The highest BCUT2D eigenvalue weighted by molar-refractivity contribution is 5.69. The van der Waals surface area contributed by atoms with Crippen LogP contribution < -0.4 is 0 Å². The monoisotopic (exact) mass is 481 g/mol. The molecular formula is C33H43N3. The summed E-state index contributed by atoms with van der Waals surface area (Å²) in [6.07, 6.45) is 8.45. The lowest BCUT2D eigenvalue weighted by atomic mass is 9.86. The van der Waals surface area contributed by atoms with E-state index in [0.29, 0.717) is 6.04 Å². The summed E-state index contributed by atoms with van der Waals surface area (Å²) in [5, 5.41) is 0. The molecule has 1 aliphatic carbocycles. The van der Waals surface area contributed by atoms with Crippen molar-refractivity contribution in [1.82, 2.24) is 14.8 Å². The molecule has 5 rings (SSSR count). The first-order valence-corrected chi connectivity index (χ1v) is 14.2. The molecule has 1 fully saturated rings. The number of rotatable bonds is 8. The van der Waals surface area contributed by atoms with E-state index in [-0.39, 0.29) is 0 Å². The molecule has 1 saturated heterocycles. The van der Waals surface area contributed by atoms with Gasteiger partial charge in [0.05, 0.1) is 5.69 Å². The number of aryl methyl sites for hydroxylation is 4. The molecule has 190 valence electrons. The molecule has 0 unspecified atom stereocenters. The number of benzene rings is 2. The van der Waals surface area contributed by atoms with Gasteiger partial charge in [-0.25, -0.2) is 0 Å². The third-order valence-corrected chi connectivity index (χ3v) is 8.55. The number of aromatic nitrogens is 1. The predicted molar refractivity (Wildman–Crippen MR) is 151 cm³/mol. The number of likely N-dealkylation sites (tertiary alicyclic amines) is 1. The Morgan fingerprint density at radius 2 is 1.64 bits per heavy atom. The van der Waals surface area contributed by atoms with Crippen LogP contribution in [0.1, 0.15) is 84.6 Å². The van der Waals surface area contributed by atoms with E-state index in [9.17, 15) is 0 Å². The minimum absolute atomic E-state index is 0.487. The maximum atomic E-state index is 5.29. The van der Waals surface area contributed by atoms with Crippen LogP contribution in [0.4, 0.5) is 0 Å². The zero-order chi connectivity index (χ0) is 25.1. The molecule has 0 radical (unpaired) electrons. The van der Waals surface area contributed by atoms with Crippen LogP contribution in [0.3, 0.4) is 0 Å². The van der Waals surface area contributed by atoms with Crippen molar-refractivity contribution in [2.45, 2.75) is 84.8 Å². The van der Waals surface area contributed by atoms with E-state index < -0.39 is 0 Å². The van der Waals surface area contributed by atoms with Gasteiger partial charge in [-0.3, -0.25) is 14.8 Å². The minimum atomic E-state index is 0.487. The Bertz CT molecular complexity index is 1170. The molecule has 0 amide bonds. The molecule has 3 aromatic rings. The van der Waals surface area contributed by atoms with Gasteiger partial charge in [-0.1, -0.05) is 56.3 Å². The van der Waals surface area contributed by atoms with Gasteiger partial charge in [0.15, 0.2) is 0 Å². The third-order valence-electron chi connectivity index (χ3n) is 8.55. The Morgan fingerprint density at radius 3 is 2.36 bits per heavy atom. The van der Waals surface area contributed by atoms with Crippen molar-refractivity contribution in [3.8, 4) is 11.3 Å². The fourth-order valence-corrected chi connectivity index (χ4v) is 6.55. The molecule has 2 aliphatic rings. The zero-order valence-corrected chi connectivity index (χ0v) is 22.8. The lowest BCUT2D eigenvalue weighted by Crippen LogP contribution is -2.29. The summed E-state index contributed by atoms with van der Waals surface area (Å²) in [5.41, 5.74) is 12.5. The summed E-state index contributed by atoms with van der Waals surface area (Å²) in [6, 6.07) is 18.8. The van der Waals surface area contributed by atoms with Crippen LogP contribution in [0.15, 0.2) is 48.5 Å². The second-order valence-corrected chi connectivity index (χ2v) is 10.9. The minimum Gasteiger partial charge on any atom is -0.299 e. The fraction of sp³-hybridized carbons (Fsp3) is 0.485. The van der Waals surface area contributed by atoms with Crippen LogP contribution in [0.5, 0.6) is 0 Å². The molecule has 0 bridgehead atoms. The van der Waals surface area contributed by atoms with Crippen molar-refractivity contribution in [3.05, 3.63) is 87.6 Å². The molecule has 0 saturated carbocycles. The summed E-state index contributed by atoms with van der Waals surface area (Å²) in [6.45, 7) is 11.2. The predicted octanol–water partition coefficient (Wildman–Crippen LogP) is 7.29. The van der Waals surface area contributed by atoms with Crippen molar-refractivity contribution in [3.63, 3.8) is 0 Å². The van der Waals surface area contributed by atoms with Crippen molar-refractivity contribution in [2.24, 2.45) is 0 Å². The lowest BCUT2D eigenvalue weighted by molar-refractivity contribution is 0.211. The average Bonchev–Trinajstić information content (AvgIpc) is 3.42. The SMILES string of the molecule is CCc1cccc(CC)c1-c1cc(CN2CCCC2)c(CN(C)[C@H]2CCCc3ccccc32)c(C)n1. The maximum Gasteiger partial charge on any atom is 0.0714 e. The summed E-state index contributed by atoms with van der Waals surface area (Å²) >= 11 is 0. The molecular weight excluding hydrogens is 438 g/mol. The standard InChI is InChI=1S/C33H43N3/c1-5-25-14-11-15-26(6-2)33(25)31-21-28(22-36-19-9-10-20-36)30(24(3)34-31)23-35(4)32-18-12-16-27-13-7-8-17-29(27)32/h7-8,11,13-15,17,21,32H,5-6,9-10,12,16,18-20,22-23H2,1-4H3/t32-/m0/s1. The number of pyridine rings is 1. The Labute approximate surface area is 218 Å². The van der Waals surface area contributed by atoms with E-state index in [1.54, 1.807) is 0 Å². The van der Waals surface area contributed by atoms with Crippen LogP contribution in [0.25, 0.3) is 11.3 Å². The molecule has 1 aromatic heterocycles. The number of hydrogen-bond acceptors (Lipinski definition) is 3. The van der Waals surface area contributed by atoms with E-state index in [0.717, 1.165) is 25.9 Å². The number of hydrogen-bond donors (Lipinski definition) is 0. The van der Waals surface area contributed by atoms with Gasteiger partial charge in [0.1, 0.15) is 0 Å². The molecule has 1 atom stereocenters. The molecule has 3 nitrogen and oxygen atoms in total. The molecule has 36 heavy (non-hydrogen) atoms. The average molecular weight is 482 g/mol. The number of nitrogens with zero attached hydrogens (tertiary/aromatic N) is 3. The quantitative estimate of drug-likeness (QED) is 0.337. The van der Waals surface area contributed by atoms with E-state index in [1.165, 1.54) is 95.5 Å². The third kappa shape index (κ3) is 5.14. The maximum absolute atomic E-state index is 5.29. The van der Waals surface area contributed by atoms with Crippen molar-refractivity contribution in [1.29, 1.82) is 0 Å². The van der Waals surface area contributed by atoms with Crippen molar-refractivity contribution in [2.75, 3.05) is 20.1 Å². The summed E-state index contributed by atoms with van der Waals surface area (Å²) in [4.78, 5) is 10.5. The Balaban J connectivity index is 1.53. The second kappa shape index (κ2) is 11.3. The topological polar surface area (TPSA) is 19.4 Å². The van der Waals surface area contributed by atoms with Crippen LogP contribution in [0, 0.1) is 6.92 Å². The Kier molecular flexibility index (Phi) is 7.88. The Hall–Kier alpha value is -2.49. The highest BCUT2D eigenvalue weighted by Crippen LogP contribution is 2.36. The highest BCUT2D eigenvalue weighted by Gasteiger charge is 2.26. The van der Waals surface area contributed by atoms with Crippen LogP contribution in [0.2, 0.25) is 0 Å². The second-order valence-electron chi connectivity index (χ2n) is 10.9. The normalized spacial score (nSPS) is 18.1. The summed E-state index contributed by atoms with van der Waals surface area (Å²) in [5.74, 6) is 0. The van der Waals surface area contributed by atoms with Crippen molar-refractivity contribution >= 4 is 0 Å². The van der Waals surface area contributed by atoms with Gasteiger partial charge < -0.3 is 0 Å². The van der Waals surface area contributed by atoms with Crippen LogP contribution >= 0.6 is 0 Å². The molecule has 3 heteroatoms. The van der Waals surface area contributed by atoms with E-state index in [2.05, 4.69) is 86.1 Å². The molecule has 2 heterocycles. The summed E-state index contributed by atoms with van der Waals surface area (Å²) in [7, 11) is 2.32. The van der Waals surface area contributed by atoms with Gasteiger partial charge in [-0.2, -0.15) is 0 Å². The largest absolute Gasteiger partial charge is 0.299 e. The van der Waals surface area contributed by atoms with Gasteiger partial charge in [0.25, 0.3) is 0 Å². The first kappa shape index (κ1) is 25.2. The molecule has 0 spiro atoms. The van der Waals surface area contributed by atoms with Gasteiger partial charge in [-0.15, -0.1) is 0 Å². The van der Waals surface area contributed by atoms with E-state index in [4.69, 9.17) is 4.98 Å². The molecule has 0 N–H and O–H groups in total. The summed E-state index contributed by atoms with van der Waals surface area (Å²) < 4.78 is 0. The molecule has 1 aliphatic heterocycles. The lowest BCUT2D eigenvalue weighted by Gasteiger charge is -2.34. The van der Waals surface area contributed by atoms with E-state index in [1.807, 2.05) is 0 Å². The van der Waals surface area contributed by atoms with Crippen molar-refractivity contribution < 1.29 is 0 Å². The smallest absolute Gasteiger partial charge is 0.0714 e. The first-order chi connectivity index (χ1) is 17.6. The number of fused-ring (bicyclic) bond motifs is 1.